The van der Waals surface area contributed by atoms with Crippen molar-refractivity contribution < 1.29 is 28.7 Å². The van der Waals surface area contributed by atoms with Gasteiger partial charge in [0, 0.05) is 0 Å². The lowest BCUT2D eigenvalue weighted by atomic mass is 10.0. The first-order chi connectivity index (χ1) is 13.0. The molecule has 2 amide bonds. The summed E-state index contributed by atoms with van der Waals surface area (Å²) in [5.41, 5.74) is 0.0896. The highest BCUT2D eigenvalue weighted by Gasteiger charge is 2.32. The van der Waals surface area contributed by atoms with Gasteiger partial charge >= 0.3 is 17.8 Å². The Balaban J connectivity index is 2.90. The number of rotatable bonds is 7. The summed E-state index contributed by atoms with van der Waals surface area (Å²) >= 11 is 0. The number of nitrogens with two attached hydrogens (primary N) is 1. The Bertz CT molecular complexity index is 699. The maximum Gasteiger partial charge on any atom is 0.398 e. The molecular formula is C19H27N3O6. The van der Waals surface area contributed by atoms with Gasteiger partial charge in [0.1, 0.15) is 5.60 Å². The molecule has 0 radical (unpaired) electrons. The quantitative estimate of drug-likeness (QED) is 0.223. The molecule has 0 fully saturated rings. The summed E-state index contributed by atoms with van der Waals surface area (Å²) in [6.07, 6.45) is 0.145. The van der Waals surface area contributed by atoms with Crippen LogP contribution >= 0.6 is 0 Å². The smallest absolute Gasteiger partial charge is 0.398 e. The molecule has 0 aromatic heterocycles. The van der Waals surface area contributed by atoms with E-state index in [4.69, 9.17) is 10.6 Å². The van der Waals surface area contributed by atoms with E-state index in [1.807, 2.05) is 6.07 Å². The zero-order valence-corrected chi connectivity index (χ0v) is 16.6. The molecule has 3 N–H and O–H groups in total. The lowest BCUT2D eigenvalue weighted by Gasteiger charge is -2.24. The number of amides is 2. The third-order valence-corrected chi connectivity index (χ3v) is 3.40. The van der Waals surface area contributed by atoms with E-state index >= 15 is 0 Å². The van der Waals surface area contributed by atoms with E-state index < -0.39 is 35.4 Å². The lowest BCUT2D eigenvalue weighted by molar-refractivity contribution is -0.164. The largest absolute Gasteiger partial charge is 0.459 e. The molecule has 1 aromatic rings. The van der Waals surface area contributed by atoms with E-state index in [9.17, 15) is 19.2 Å². The van der Waals surface area contributed by atoms with Crippen LogP contribution in [0.15, 0.2) is 30.3 Å². The van der Waals surface area contributed by atoms with Gasteiger partial charge in [-0.25, -0.2) is 15.6 Å². The van der Waals surface area contributed by atoms with Crippen LogP contribution in [0.1, 0.15) is 33.3 Å². The van der Waals surface area contributed by atoms with Gasteiger partial charge in [-0.05, 0) is 39.7 Å². The van der Waals surface area contributed by atoms with Crippen molar-refractivity contribution in [1.82, 2.24) is 10.3 Å². The van der Waals surface area contributed by atoms with Gasteiger partial charge in [0.05, 0.1) is 19.2 Å². The molecule has 0 aliphatic carbocycles. The van der Waals surface area contributed by atoms with Crippen LogP contribution in [0, 0.1) is 0 Å². The fourth-order valence-electron chi connectivity index (χ4n) is 2.24. The van der Waals surface area contributed by atoms with E-state index in [0.29, 0.717) is 0 Å². The normalized spacial score (nSPS) is 12.0. The number of hydrazine groups is 1. The van der Waals surface area contributed by atoms with Crippen molar-refractivity contribution in [2.75, 3.05) is 13.2 Å². The summed E-state index contributed by atoms with van der Waals surface area (Å²) in [7, 11) is 0. The standard InChI is InChI=1S/C19H27N3O6/c1-5-27-18(26)17(25)22(20)16(24)14(11-13-9-7-6-8-10-13)21-12-15(23)28-19(2,3)4/h6-10,14,21H,5,11-12,20H2,1-4H3/t14-/m1/s1. The fourth-order valence-corrected chi connectivity index (χ4v) is 2.24. The van der Waals surface area contributed by atoms with E-state index in [1.165, 1.54) is 6.92 Å². The summed E-state index contributed by atoms with van der Waals surface area (Å²) < 4.78 is 9.77. The molecule has 0 aliphatic rings. The number of hydrogen-bond acceptors (Lipinski definition) is 8. The molecule has 9 heteroatoms. The molecular weight excluding hydrogens is 366 g/mol. The molecule has 1 aromatic carbocycles. The Morgan fingerprint density at radius 2 is 1.75 bits per heavy atom. The van der Waals surface area contributed by atoms with Crippen molar-refractivity contribution in [3.8, 4) is 0 Å². The van der Waals surface area contributed by atoms with Crippen molar-refractivity contribution in [1.29, 1.82) is 0 Å². The first kappa shape index (κ1) is 23.3. The van der Waals surface area contributed by atoms with Gasteiger partial charge in [-0.3, -0.25) is 19.7 Å². The van der Waals surface area contributed by atoms with E-state index in [-0.39, 0.29) is 24.6 Å². The molecule has 0 saturated heterocycles. The summed E-state index contributed by atoms with van der Waals surface area (Å²) in [5.74, 6) is 1.57. The second-order valence-electron chi connectivity index (χ2n) is 6.94. The van der Waals surface area contributed by atoms with Crippen molar-refractivity contribution in [2.45, 2.75) is 45.8 Å². The maximum absolute atomic E-state index is 12.7. The number of carbonyl (C=O) groups is 4. The van der Waals surface area contributed by atoms with Crippen molar-refractivity contribution >= 4 is 23.8 Å². The fraction of sp³-hybridized carbons (Fsp3) is 0.474. The Labute approximate surface area is 164 Å². The Morgan fingerprint density at radius 3 is 2.29 bits per heavy atom. The average Bonchev–Trinajstić information content (AvgIpc) is 2.62. The van der Waals surface area contributed by atoms with Crippen LogP contribution in [0.25, 0.3) is 0 Å². The molecule has 0 bridgehead atoms. The highest BCUT2D eigenvalue weighted by Crippen LogP contribution is 2.08. The van der Waals surface area contributed by atoms with Crippen LogP contribution < -0.4 is 11.2 Å². The molecule has 28 heavy (non-hydrogen) atoms. The van der Waals surface area contributed by atoms with Crippen LogP contribution in [0.5, 0.6) is 0 Å². The van der Waals surface area contributed by atoms with Gasteiger partial charge in [0.15, 0.2) is 0 Å². The zero-order chi connectivity index (χ0) is 21.3. The SMILES string of the molecule is CCOC(=O)C(=O)N(N)C(=O)[C@@H](Cc1ccccc1)NCC(=O)OC(C)(C)C. The Morgan fingerprint density at radius 1 is 1.14 bits per heavy atom. The van der Waals surface area contributed by atoms with E-state index in [1.54, 1.807) is 45.0 Å². The van der Waals surface area contributed by atoms with Gasteiger partial charge in [-0.15, -0.1) is 0 Å². The second kappa shape index (κ2) is 10.5. The highest BCUT2D eigenvalue weighted by atomic mass is 16.6. The molecule has 1 atom stereocenters. The monoisotopic (exact) mass is 393 g/mol. The van der Waals surface area contributed by atoms with Gasteiger partial charge in [0.25, 0.3) is 5.91 Å². The lowest BCUT2D eigenvalue weighted by Crippen LogP contribution is -2.55. The third-order valence-electron chi connectivity index (χ3n) is 3.40. The predicted octanol–water partition coefficient (Wildman–Crippen LogP) is 0.321. The Hall–Kier alpha value is -2.78. The topological polar surface area (TPSA) is 128 Å². The number of esters is 2. The Kier molecular flexibility index (Phi) is 8.75. The molecule has 0 aliphatic heterocycles. The van der Waals surface area contributed by atoms with E-state index in [2.05, 4.69) is 10.1 Å². The second-order valence-corrected chi connectivity index (χ2v) is 6.94. The number of imide groups is 1. The highest BCUT2D eigenvalue weighted by molar-refractivity contribution is 6.35. The third kappa shape index (κ3) is 7.85. The van der Waals surface area contributed by atoms with Crippen LogP contribution in [0.3, 0.4) is 0 Å². The first-order valence-corrected chi connectivity index (χ1v) is 8.84. The van der Waals surface area contributed by atoms with Crippen molar-refractivity contribution in [3.63, 3.8) is 0 Å². The molecule has 154 valence electrons. The van der Waals surface area contributed by atoms with Crippen molar-refractivity contribution in [3.05, 3.63) is 35.9 Å². The average molecular weight is 393 g/mol. The number of benzene rings is 1. The zero-order valence-electron chi connectivity index (χ0n) is 16.6. The number of nitrogens with zero attached hydrogens (tertiary/aromatic N) is 1. The van der Waals surface area contributed by atoms with Crippen LogP contribution in [-0.4, -0.2) is 53.6 Å². The van der Waals surface area contributed by atoms with Crippen LogP contribution in [-0.2, 0) is 35.1 Å². The first-order valence-electron chi connectivity index (χ1n) is 8.84. The van der Waals surface area contributed by atoms with Gasteiger partial charge in [0.2, 0.25) is 0 Å². The van der Waals surface area contributed by atoms with Gasteiger partial charge in [-0.1, -0.05) is 30.3 Å². The maximum atomic E-state index is 12.7. The molecule has 0 saturated carbocycles. The van der Waals surface area contributed by atoms with Crippen LogP contribution in [0.2, 0.25) is 0 Å². The summed E-state index contributed by atoms with van der Waals surface area (Å²) in [5, 5.41) is 2.95. The molecule has 0 spiro atoms. The predicted molar refractivity (Wildman–Crippen MR) is 100 cm³/mol. The molecule has 0 unspecified atom stereocenters. The van der Waals surface area contributed by atoms with Crippen molar-refractivity contribution in [2.24, 2.45) is 5.84 Å². The molecule has 9 nitrogen and oxygen atoms in total. The van der Waals surface area contributed by atoms with Gasteiger partial charge < -0.3 is 9.47 Å². The summed E-state index contributed by atoms with van der Waals surface area (Å²) in [4.78, 5) is 48.1. The minimum absolute atomic E-state index is 0.0308. The number of nitrogens with one attached hydrogen (secondary N) is 1. The minimum atomic E-state index is -1.29. The molecule has 1 rings (SSSR count). The number of ether oxygens (including phenoxy) is 2. The summed E-state index contributed by atoms with van der Waals surface area (Å²) in [6.45, 7) is 6.37. The number of hydrogen-bond donors (Lipinski definition) is 2. The summed E-state index contributed by atoms with van der Waals surface area (Å²) in [6, 6.07) is 7.92. The number of carbonyl (C=O) groups excluding carboxylic acids is 4. The van der Waals surface area contributed by atoms with Gasteiger partial charge in [-0.2, -0.15) is 0 Å². The van der Waals surface area contributed by atoms with Crippen LogP contribution in [0.4, 0.5) is 0 Å². The molecule has 0 heterocycles. The minimum Gasteiger partial charge on any atom is -0.459 e. The van der Waals surface area contributed by atoms with E-state index in [0.717, 1.165) is 5.56 Å².